The second kappa shape index (κ2) is 5.63. The van der Waals surface area contributed by atoms with Crippen LogP contribution in [0, 0.1) is 5.92 Å². The predicted octanol–water partition coefficient (Wildman–Crippen LogP) is 0.947. The van der Waals surface area contributed by atoms with E-state index in [-0.39, 0.29) is 44.6 Å². The fourth-order valence-electron chi connectivity index (χ4n) is 2.94. The minimum absolute atomic E-state index is 0.0610. The number of methoxy groups -OCH3 is 1. The highest BCUT2D eigenvalue weighted by molar-refractivity contribution is 5.86. The summed E-state index contributed by atoms with van der Waals surface area (Å²) in [7, 11) is 1.22. The summed E-state index contributed by atoms with van der Waals surface area (Å²) in [4.78, 5) is 25.2. The van der Waals surface area contributed by atoms with Crippen molar-refractivity contribution >= 4 is 11.9 Å². The Morgan fingerprint density at radius 3 is 2.45 bits per heavy atom. The lowest BCUT2D eigenvalue weighted by Gasteiger charge is -2.32. The molecule has 0 aromatic carbocycles. The molecule has 2 rings (SSSR count). The van der Waals surface area contributed by atoms with Crippen molar-refractivity contribution in [3.63, 3.8) is 0 Å². The molecule has 2 fully saturated rings. The van der Waals surface area contributed by atoms with Crippen molar-refractivity contribution in [2.24, 2.45) is 5.92 Å². The number of aliphatic hydroxyl groups excluding tert-OH is 1. The molecule has 2 atom stereocenters. The number of esters is 1. The second-order valence-electron chi connectivity index (χ2n) is 5.55. The third-order valence-corrected chi connectivity index (χ3v) is 4.10. The van der Waals surface area contributed by atoms with Crippen molar-refractivity contribution in [2.45, 2.75) is 50.2 Å². The van der Waals surface area contributed by atoms with Crippen LogP contribution in [0.25, 0.3) is 0 Å². The Morgan fingerprint density at radius 2 is 1.90 bits per heavy atom. The van der Waals surface area contributed by atoms with E-state index in [1.54, 1.807) is 0 Å². The minimum Gasteiger partial charge on any atom is -0.467 e. The molecule has 0 spiro atoms. The fraction of sp³-hybridized carbons (Fsp3) is 0.846. The van der Waals surface area contributed by atoms with E-state index < -0.39 is 30.0 Å². The van der Waals surface area contributed by atoms with Gasteiger partial charge in [0.1, 0.15) is 6.04 Å². The van der Waals surface area contributed by atoms with E-state index in [2.05, 4.69) is 4.74 Å². The highest BCUT2D eigenvalue weighted by Crippen LogP contribution is 2.37. The summed E-state index contributed by atoms with van der Waals surface area (Å²) in [5, 5.41) is 9.62. The van der Waals surface area contributed by atoms with Crippen molar-refractivity contribution in [3.8, 4) is 0 Å². The topological polar surface area (TPSA) is 66.8 Å². The molecule has 1 aliphatic heterocycles. The van der Waals surface area contributed by atoms with Gasteiger partial charge in [0.15, 0.2) is 0 Å². The number of β-amino-alcohol motifs (C(OH)–C–C–N with tert-alkyl or cyclic N) is 1. The molecule has 20 heavy (non-hydrogen) atoms. The number of ether oxygens (including phenoxy) is 1. The van der Waals surface area contributed by atoms with Gasteiger partial charge in [-0.05, 0) is 12.8 Å². The first-order valence-corrected chi connectivity index (χ1v) is 6.78. The third-order valence-electron chi connectivity index (χ3n) is 4.10. The number of hydrogen-bond donors (Lipinski definition) is 1. The Kier molecular flexibility index (Phi) is 4.27. The van der Waals surface area contributed by atoms with Gasteiger partial charge in [-0.15, -0.1) is 0 Å². The maximum atomic E-state index is 13.1. The van der Waals surface area contributed by atoms with Crippen LogP contribution in [-0.2, 0) is 14.3 Å². The Labute approximate surface area is 115 Å². The first-order chi connectivity index (χ1) is 9.34. The van der Waals surface area contributed by atoms with Gasteiger partial charge in [0.05, 0.1) is 13.2 Å². The number of nitrogens with zero attached hydrogens (tertiary/aromatic N) is 1. The van der Waals surface area contributed by atoms with E-state index in [0.717, 1.165) is 0 Å². The van der Waals surface area contributed by atoms with E-state index in [1.807, 2.05) is 0 Å². The van der Waals surface area contributed by atoms with Gasteiger partial charge in [0, 0.05) is 31.7 Å². The highest BCUT2D eigenvalue weighted by Gasteiger charge is 2.44. The Balaban J connectivity index is 2.02. The Bertz CT molecular complexity index is 392. The number of halogens is 2. The Hall–Kier alpha value is -1.24. The summed E-state index contributed by atoms with van der Waals surface area (Å²) in [6.07, 6.45) is -1.00. The molecule has 1 N–H and O–H groups in total. The number of rotatable bonds is 2. The molecule has 1 saturated carbocycles. The number of aliphatic hydroxyl groups is 1. The maximum absolute atomic E-state index is 13.1. The average molecular weight is 291 g/mol. The van der Waals surface area contributed by atoms with Crippen molar-refractivity contribution in [1.82, 2.24) is 4.90 Å². The number of carbonyl (C=O) groups is 2. The van der Waals surface area contributed by atoms with E-state index in [9.17, 15) is 23.5 Å². The number of likely N-dealkylation sites (tertiary alicyclic amines) is 1. The number of amides is 1. The summed E-state index contributed by atoms with van der Waals surface area (Å²) in [6, 6.07) is -0.801. The molecule has 114 valence electrons. The molecule has 7 heteroatoms. The molecule has 0 aromatic rings. The first-order valence-electron chi connectivity index (χ1n) is 6.78. The number of alkyl halides is 2. The van der Waals surface area contributed by atoms with Crippen molar-refractivity contribution in [3.05, 3.63) is 0 Å². The lowest BCUT2D eigenvalue weighted by molar-refractivity contribution is -0.154. The largest absolute Gasteiger partial charge is 0.467 e. The van der Waals surface area contributed by atoms with Crippen molar-refractivity contribution in [2.75, 3.05) is 13.7 Å². The normalized spacial score (nSPS) is 30.3. The number of carbonyl (C=O) groups excluding carboxylic acids is 2. The van der Waals surface area contributed by atoms with E-state index in [1.165, 1.54) is 12.0 Å². The third kappa shape index (κ3) is 3.08. The van der Waals surface area contributed by atoms with Crippen LogP contribution in [-0.4, -0.2) is 53.6 Å². The van der Waals surface area contributed by atoms with Crippen LogP contribution in [0.4, 0.5) is 8.78 Å². The lowest BCUT2D eigenvalue weighted by atomic mass is 9.86. The molecule has 2 unspecified atom stereocenters. The van der Waals surface area contributed by atoms with Gasteiger partial charge in [-0.2, -0.15) is 0 Å². The van der Waals surface area contributed by atoms with Crippen molar-refractivity contribution in [1.29, 1.82) is 0 Å². The SMILES string of the molecule is COC(=O)C1CC(O)CN1C(=O)C1CCC(F)(F)CC1. The van der Waals surface area contributed by atoms with Gasteiger partial charge in [-0.1, -0.05) is 0 Å². The van der Waals surface area contributed by atoms with E-state index >= 15 is 0 Å². The molecule has 1 heterocycles. The predicted molar refractivity (Wildman–Crippen MR) is 65.0 cm³/mol. The summed E-state index contributed by atoms with van der Waals surface area (Å²) in [5.74, 6) is -4.08. The quantitative estimate of drug-likeness (QED) is 0.769. The molecule has 1 aliphatic carbocycles. The lowest BCUT2D eigenvalue weighted by Crippen LogP contribution is -2.45. The molecule has 1 amide bonds. The van der Waals surface area contributed by atoms with Crippen LogP contribution in [0.2, 0.25) is 0 Å². The summed E-state index contributed by atoms with van der Waals surface area (Å²) >= 11 is 0. The smallest absolute Gasteiger partial charge is 0.328 e. The van der Waals surface area contributed by atoms with E-state index in [4.69, 9.17) is 0 Å². The van der Waals surface area contributed by atoms with Crippen LogP contribution < -0.4 is 0 Å². The molecule has 1 saturated heterocycles. The highest BCUT2D eigenvalue weighted by atomic mass is 19.3. The monoisotopic (exact) mass is 291 g/mol. The molecular formula is C13H19F2NO4. The molecule has 0 radical (unpaired) electrons. The van der Waals surface area contributed by atoms with Crippen LogP contribution in [0.3, 0.4) is 0 Å². The van der Waals surface area contributed by atoms with Crippen LogP contribution >= 0.6 is 0 Å². The van der Waals surface area contributed by atoms with Gasteiger partial charge in [0.2, 0.25) is 11.8 Å². The summed E-state index contributed by atoms with van der Waals surface area (Å²) < 4.78 is 30.8. The van der Waals surface area contributed by atoms with Gasteiger partial charge in [-0.25, -0.2) is 13.6 Å². The Morgan fingerprint density at radius 1 is 1.30 bits per heavy atom. The molecular weight excluding hydrogens is 272 g/mol. The van der Waals surface area contributed by atoms with Crippen LogP contribution in [0.15, 0.2) is 0 Å². The fourth-order valence-corrected chi connectivity index (χ4v) is 2.94. The molecule has 0 bridgehead atoms. The molecule has 2 aliphatic rings. The summed E-state index contributed by atoms with van der Waals surface area (Å²) in [6.45, 7) is 0.0610. The summed E-state index contributed by atoms with van der Waals surface area (Å²) in [5.41, 5.74) is 0. The number of hydrogen-bond acceptors (Lipinski definition) is 4. The van der Waals surface area contributed by atoms with Gasteiger partial charge < -0.3 is 14.7 Å². The average Bonchev–Trinajstić information content (AvgIpc) is 2.79. The standard InChI is InChI=1S/C13H19F2NO4/c1-20-12(19)10-6-9(17)7-16(10)11(18)8-2-4-13(14,15)5-3-8/h8-10,17H,2-7H2,1H3. The van der Waals surface area contributed by atoms with Crippen LogP contribution in [0.5, 0.6) is 0 Å². The first kappa shape index (κ1) is 15.2. The zero-order valence-corrected chi connectivity index (χ0v) is 11.3. The molecule has 0 aromatic heterocycles. The molecule has 5 nitrogen and oxygen atoms in total. The van der Waals surface area contributed by atoms with Gasteiger partial charge in [0.25, 0.3) is 0 Å². The zero-order valence-electron chi connectivity index (χ0n) is 11.3. The second-order valence-corrected chi connectivity index (χ2v) is 5.55. The zero-order chi connectivity index (χ0) is 14.9. The minimum atomic E-state index is -2.69. The van der Waals surface area contributed by atoms with Gasteiger partial charge in [-0.3, -0.25) is 4.79 Å². The van der Waals surface area contributed by atoms with Gasteiger partial charge >= 0.3 is 5.97 Å². The van der Waals surface area contributed by atoms with Crippen molar-refractivity contribution < 1.29 is 28.2 Å². The van der Waals surface area contributed by atoms with Crippen LogP contribution in [0.1, 0.15) is 32.1 Å². The van der Waals surface area contributed by atoms with E-state index in [0.29, 0.717) is 0 Å². The maximum Gasteiger partial charge on any atom is 0.328 e.